The highest BCUT2D eigenvalue weighted by Gasteiger charge is 2.17. The Morgan fingerprint density at radius 2 is 2.05 bits per heavy atom. The second-order valence-electron chi connectivity index (χ2n) is 6.00. The van der Waals surface area contributed by atoms with Crippen molar-refractivity contribution in [3.8, 4) is 0 Å². The van der Waals surface area contributed by atoms with Gasteiger partial charge in [-0.25, -0.2) is 0 Å². The molecule has 1 fully saturated rings. The van der Waals surface area contributed by atoms with Crippen LogP contribution < -0.4 is 5.32 Å². The van der Waals surface area contributed by atoms with Gasteiger partial charge in [0.25, 0.3) is 0 Å². The molecule has 0 saturated carbocycles. The Morgan fingerprint density at radius 3 is 2.67 bits per heavy atom. The lowest BCUT2D eigenvalue weighted by molar-refractivity contribution is -0.117. The van der Waals surface area contributed by atoms with Crippen molar-refractivity contribution in [2.24, 2.45) is 0 Å². The van der Waals surface area contributed by atoms with Crippen LogP contribution in [0.3, 0.4) is 0 Å². The van der Waals surface area contributed by atoms with E-state index in [1.54, 1.807) is 0 Å². The second kappa shape index (κ2) is 7.57. The third kappa shape index (κ3) is 4.83. The predicted octanol–water partition coefficient (Wildman–Crippen LogP) is 2.74. The Balaban J connectivity index is 1.83. The number of hydrogen-bond donors (Lipinski definition) is 1. The summed E-state index contributed by atoms with van der Waals surface area (Å²) in [6, 6.07) is 6.04. The van der Waals surface area contributed by atoms with Crippen molar-refractivity contribution in [2.75, 3.05) is 32.1 Å². The summed E-state index contributed by atoms with van der Waals surface area (Å²) in [5, 5.41) is 3.03. The van der Waals surface area contributed by atoms with Crippen molar-refractivity contribution in [3.05, 3.63) is 29.3 Å². The van der Waals surface area contributed by atoms with E-state index in [1.807, 2.05) is 44.0 Å². The van der Waals surface area contributed by atoms with Crippen molar-refractivity contribution in [3.63, 3.8) is 0 Å². The van der Waals surface area contributed by atoms with Crippen LogP contribution in [-0.4, -0.2) is 43.7 Å². The molecule has 0 aromatic heterocycles. The molecule has 4 nitrogen and oxygen atoms in total. The molecule has 1 aliphatic heterocycles. The second-order valence-corrected chi connectivity index (χ2v) is 6.00. The van der Waals surface area contributed by atoms with Crippen molar-refractivity contribution < 1.29 is 9.53 Å². The summed E-state index contributed by atoms with van der Waals surface area (Å²) in [7, 11) is 1.97. The first-order valence-corrected chi connectivity index (χ1v) is 7.72. The summed E-state index contributed by atoms with van der Waals surface area (Å²) < 4.78 is 5.71. The van der Waals surface area contributed by atoms with E-state index in [0.717, 1.165) is 42.8 Å². The lowest BCUT2D eigenvalue weighted by Crippen LogP contribution is -2.38. The van der Waals surface area contributed by atoms with E-state index in [4.69, 9.17) is 4.74 Å². The van der Waals surface area contributed by atoms with Gasteiger partial charge in [-0.3, -0.25) is 9.69 Å². The molecular weight excluding hydrogens is 264 g/mol. The van der Waals surface area contributed by atoms with E-state index < -0.39 is 0 Å². The molecule has 116 valence electrons. The van der Waals surface area contributed by atoms with E-state index in [0.29, 0.717) is 6.54 Å². The highest BCUT2D eigenvalue weighted by Crippen LogP contribution is 2.19. The number of amides is 1. The summed E-state index contributed by atoms with van der Waals surface area (Å²) >= 11 is 0. The number of nitrogens with zero attached hydrogens (tertiary/aromatic N) is 1. The van der Waals surface area contributed by atoms with Gasteiger partial charge in [-0.2, -0.15) is 0 Å². The number of carbonyl (C=O) groups is 1. The van der Waals surface area contributed by atoms with Gasteiger partial charge in [-0.1, -0.05) is 18.2 Å². The fraction of sp³-hybridized carbons (Fsp3) is 0.588. The van der Waals surface area contributed by atoms with E-state index in [-0.39, 0.29) is 12.0 Å². The highest BCUT2D eigenvalue weighted by molar-refractivity contribution is 5.93. The largest absolute Gasteiger partial charge is 0.377 e. The predicted molar refractivity (Wildman–Crippen MR) is 85.6 cm³/mol. The number of para-hydroxylation sites is 1. The summed E-state index contributed by atoms with van der Waals surface area (Å²) in [5.74, 6) is 0.0331. The molecule has 0 bridgehead atoms. The number of rotatable bonds is 5. The Kier molecular flexibility index (Phi) is 5.76. The van der Waals surface area contributed by atoms with Crippen molar-refractivity contribution >= 4 is 11.6 Å². The highest BCUT2D eigenvalue weighted by atomic mass is 16.5. The van der Waals surface area contributed by atoms with Gasteiger partial charge in [0.2, 0.25) is 5.91 Å². The molecule has 1 heterocycles. The van der Waals surface area contributed by atoms with Gasteiger partial charge in [0.15, 0.2) is 0 Å². The van der Waals surface area contributed by atoms with Crippen LogP contribution in [0, 0.1) is 13.8 Å². The van der Waals surface area contributed by atoms with Crippen molar-refractivity contribution in [1.29, 1.82) is 0 Å². The maximum absolute atomic E-state index is 12.2. The molecule has 2 rings (SSSR count). The Bertz CT molecular complexity index is 461. The van der Waals surface area contributed by atoms with Crippen molar-refractivity contribution in [2.45, 2.75) is 39.2 Å². The van der Waals surface area contributed by atoms with Gasteiger partial charge >= 0.3 is 0 Å². The SMILES string of the molecule is Cc1cccc(C)c1NC(=O)CN(C)C[C@H]1CCCCO1. The standard InChI is InChI=1S/C17H26N2O2/c1-13-7-6-8-14(2)17(13)18-16(20)12-19(3)11-15-9-4-5-10-21-15/h6-8,15H,4-5,9-12H2,1-3H3,(H,18,20)/t15-/m1/s1. The van der Waals surface area contributed by atoms with Gasteiger partial charge < -0.3 is 10.1 Å². The quantitative estimate of drug-likeness (QED) is 0.906. The number of ether oxygens (including phenoxy) is 1. The molecule has 1 aromatic carbocycles. The van der Waals surface area contributed by atoms with Gasteiger partial charge in [-0.15, -0.1) is 0 Å². The molecule has 1 aromatic rings. The minimum absolute atomic E-state index is 0.0331. The third-order valence-electron chi connectivity index (χ3n) is 3.95. The maximum Gasteiger partial charge on any atom is 0.238 e. The van der Waals surface area contributed by atoms with Crippen LogP contribution in [0.5, 0.6) is 0 Å². The van der Waals surface area contributed by atoms with Crippen LogP contribution in [0.2, 0.25) is 0 Å². The number of nitrogens with one attached hydrogen (secondary N) is 1. The van der Waals surface area contributed by atoms with Gasteiger partial charge in [0.1, 0.15) is 0 Å². The smallest absolute Gasteiger partial charge is 0.238 e. The fourth-order valence-electron chi connectivity index (χ4n) is 2.80. The number of likely N-dealkylation sites (N-methyl/N-ethyl adjacent to an activating group) is 1. The molecule has 0 unspecified atom stereocenters. The molecule has 0 aliphatic carbocycles. The molecule has 1 aliphatic rings. The molecule has 4 heteroatoms. The Hall–Kier alpha value is -1.39. The minimum atomic E-state index is 0.0331. The van der Waals surface area contributed by atoms with Gasteiger partial charge in [0, 0.05) is 18.8 Å². The van der Waals surface area contributed by atoms with Gasteiger partial charge in [0.05, 0.1) is 12.6 Å². The Morgan fingerprint density at radius 1 is 1.33 bits per heavy atom. The first kappa shape index (κ1) is 16.0. The monoisotopic (exact) mass is 290 g/mol. The van der Waals surface area contributed by atoms with Crippen LogP contribution in [0.1, 0.15) is 30.4 Å². The summed E-state index contributed by atoms with van der Waals surface area (Å²) in [6.07, 6.45) is 3.76. The van der Waals surface area contributed by atoms with Crippen LogP contribution >= 0.6 is 0 Å². The maximum atomic E-state index is 12.2. The average molecular weight is 290 g/mol. The fourth-order valence-corrected chi connectivity index (χ4v) is 2.80. The Labute approximate surface area is 127 Å². The van der Waals surface area contributed by atoms with Crippen LogP contribution in [0.25, 0.3) is 0 Å². The molecular formula is C17H26N2O2. The van der Waals surface area contributed by atoms with Crippen molar-refractivity contribution in [1.82, 2.24) is 4.90 Å². The lowest BCUT2D eigenvalue weighted by Gasteiger charge is -2.27. The minimum Gasteiger partial charge on any atom is -0.377 e. The number of anilines is 1. The van der Waals surface area contributed by atoms with E-state index >= 15 is 0 Å². The lowest BCUT2D eigenvalue weighted by atomic mass is 10.1. The molecule has 1 N–H and O–H groups in total. The number of hydrogen-bond acceptors (Lipinski definition) is 3. The van der Waals surface area contributed by atoms with E-state index in [9.17, 15) is 4.79 Å². The molecule has 1 amide bonds. The van der Waals surface area contributed by atoms with E-state index in [1.165, 1.54) is 6.42 Å². The zero-order chi connectivity index (χ0) is 15.2. The topological polar surface area (TPSA) is 41.6 Å². The zero-order valence-corrected chi connectivity index (χ0v) is 13.3. The first-order chi connectivity index (χ1) is 10.1. The van der Waals surface area contributed by atoms with Crippen LogP contribution in [0.4, 0.5) is 5.69 Å². The average Bonchev–Trinajstić information content (AvgIpc) is 2.44. The molecule has 1 saturated heterocycles. The molecule has 21 heavy (non-hydrogen) atoms. The van der Waals surface area contributed by atoms with Crippen LogP contribution in [0.15, 0.2) is 18.2 Å². The number of benzene rings is 1. The summed E-state index contributed by atoms with van der Waals surface area (Å²) in [4.78, 5) is 14.2. The first-order valence-electron chi connectivity index (χ1n) is 7.72. The van der Waals surface area contributed by atoms with E-state index in [2.05, 4.69) is 5.32 Å². The molecule has 1 atom stereocenters. The number of carbonyl (C=O) groups excluding carboxylic acids is 1. The summed E-state index contributed by atoms with van der Waals surface area (Å²) in [6.45, 7) is 6.10. The zero-order valence-electron chi connectivity index (χ0n) is 13.3. The third-order valence-corrected chi connectivity index (χ3v) is 3.95. The summed E-state index contributed by atoms with van der Waals surface area (Å²) in [5.41, 5.74) is 3.13. The normalized spacial score (nSPS) is 18.8. The molecule has 0 radical (unpaired) electrons. The van der Waals surface area contributed by atoms with Gasteiger partial charge in [-0.05, 0) is 51.3 Å². The number of aryl methyl sites for hydroxylation is 2. The van der Waals surface area contributed by atoms with Crippen LogP contribution in [-0.2, 0) is 9.53 Å². The molecule has 0 spiro atoms.